The van der Waals surface area contributed by atoms with Crippen LogP contribution in [0.5, 0.6) is 0 Å². The van der Waals surface area contributed by atoms with Crippen LogP contribution in [0.2, 0.25) is 0 Å². The Hall–Kier alpha value is -3.62. The van der Waals surface area contributed by atoms with Crippen molar-refractivity contribution in [1.29, 1.82) is 0 Å². The number of H-pyrrole nitrogens is 1. The van der Waals surface area contributed by atoms with Gasteiger partial charge in [0.2, 0.25) is 0 Å². The van der Waals surface area contributed by atoms with Crippen LogP contribution < -0.4 is 10.5 Å². The monoisotopic (exact) mass is 409 g/mol. The normalized spacial score (nSPS) is 14.2. The lowest BCUT2D eigenvalue weighted by atomic mass is 10.1. The predicted molar refractivity (Wildman–Crippen MR) is 112 cm³/mol. The minimum absolute atomic E-state index is 0.0337. The molecule has 4 rings (SSSR count). The van der Waals surface area contributed by atoms with Gasteiger partial charge >= 0.3 is 5.97 Å². The SMILES string of the molecule is CCOC(=O)c1c(N2CCN(C(=O)c3ccn[nH]3)CC2)c2ccccc2n(C)c1=O. The number of anilines is 1. The van der Waals surface area contributed by atoms with E-state index in [0.29, 0.717) is 37.6 Å². The topological polar surface area (TPSA) is 101 Å². The summed E-state index contributed by atoms with van der Waals surface area (Å²) < 4.78 is 6.67. The predicted octanol–water partition coefficient (Wildman–Crippen LogP) is 1.40. The maximum Gasteiger partial charge on any atom is 0.345 e. The second-order valence-corrected chi connectivity index (χ2v) is 7.07. The van der Waals surface area contributed by atoms with E-state index in [0.717, 1.165) is 10.9 Å². The van der Waals surface area contributed by atoms with Crippen LogP contribution in [0.4, 0.5) is 5.69 Å². The van der Waals surface area contributed by atoms with E-state index in [4.69, 9.17) is 4.74 Å². The van der Waals surface area contributed by atoms with Crippen molar-refractivity contribution in [2.24, 2.45) is 7.05 Å². The molecule has 156 valence electrons. The second-order valence-electron chi connectivity index (χ2n) is 7.07. The Morgan fingerprint density at radius 3 is 2.53 bits per heavy atom. The molecular weight excluding hydrogens is 386 g/mol. The fraction of sp³-hybridized carbons (Fsp3) is 0.333. The average molecular weight is 409 g/mol. The number of ether oxygens (including phenoxy) is 1. The standard InChI is InChI=1S/C21H23N5O4/c1-3-30-21(29)17-18(14-6-4-5-7-16(14)24(2)20(17)28)25-10-12-26(13-11-25)19(27)15-8-9-22-23-15/h4-9H,3,10-13H2,1-2H3,(H,22,23). The number of rotatable bonds is 4. The van der Waals surface area contributed by atoms with Crippen LogP contribution in [0.1, 0.15) is 27.8 Å². The first-order chi connectivity index (χ1) is 14.5. The van der Waals surface area contributed by atoms with Crippen LogP contribution in [0, 0.1) is 0 Å². The molecule has 0 unspecified atom stereocenters. The highest BCUT2D eigenvalue weighted by Gasteiger charge is 2.29. The summed E-state index contributed by atoms with van der Waals surface area (Å²) in [5.74, 6) is -0.749. The Balaban J connectivity index is 1.72. The largest absolute Gasteiger partial charge is 0.462 e. The highest BCUT2D eigenvalue weighted by molar-refractivity contribution is 6.05. The number of carbonyl (C=O) groups excluding carboxylic acids is 2. The molecule has 1 amide bonds. The number of carbonyl (C=O) groups is 2. The van der Waals surface area contributed by atoms with Gasteiger partial charge in [-0.05, 0) is 19.1 Å². The molecule has 2 aromatic heterocycles. The summed E-state index contributed by atoms with van der Waals surface area (Å²) in [6.45, 7) is 3.80. The Kier molecular flexibility index (Phi) is 5.26. The van der Waals surface area contributed by atoms with Crippen LogP contribution in [0.15, 0.2) is 41.3 Å². The van der Waals surface area contributed by atoms with Crippen molar-refractivity contribution < 1.29 is 14.3 Å². The molecule has 1 aromatic carbocycles. The molecule has 0 aliphatic carbocycles. The third kappa shape index (κ3) is 3.32. The van der Waals surface area contributed by atoms with Gasteiger partial charge in [0.1, 0.15) is 11.3 Å². The molecule has 1 aliphatic heterocycles. The fourth-order valence-corrected chi connectivity index (χ4v) is 3.87. The lowest BCUT2D eigenvalue weighted by Crippen LogP contribution is -2.49. The molecule has 1 saturated heterocycles. The first kappa shape index (κ1) is 19.7. The lowest BCUT2D eigenvalue weighted by molar-refractivity contribution is 0.0523. The maximum absolute atomic E-state index is 13.1. The van der Waals surface area contributed by atoms with E-state index in [1.807, 2.05) is 29.2 Å². The van der Waals surface area contributed by atoms with Crippen LogP contribution in [-0.4, -0.2) is 64.3 Å². The molecule has 0 radical (unpaired) electrons. The number of para-hydroxylation sites is 1. The molecule has 0 bridgehead atoms. The number of hydrogen-bond donors (Lipinski definition) is 1. The van der Waals surface area contributed by atoms with E-state index in [9.17, 15) is 14.4 Å². The van der Waals surface area contributed by atoms with E-state index in [2.05, 4.69) is 10.2 Å². The van der Waals surface area contributed by atoms with Crippen molar-refractivity contribution in [2.75, 3.05) is 37.7 Å². The number of fused-ring (bicyclic) bond motifs is 1. The van der Waals surface area contributed by atoms with Crippen LogP contribution in [-0.2, 0) is 11.8 Å². The van der Waals surface area contributed by atoms with Crippen molar-refractivity contribution in [1.82, 2.24) is 19.7 Å². The first-order valence-corrected chi connectivity index (χ1v) is 9.85. The second kappa shape index (κ2) is 8.02. The smallest absolute Gasteiger partial charge is 0.345 e. The van der Waals surface area contributed by atoms with Gasteiger partial charge < -0.3 is 19.1 Å². The summed E-state index contributed by atoms with van der Waals surface area (Å²) >= 11 is 0. The molecular formula is C21H23N5O4. The van der Waals surface area contributed by atoms with E-state index < -0.39 is 11.5 Å². The quantitative estimate of drug-likeness (QED) is 0.654. The number of hydrogen-bond acceptors (Lipinski definition) is 6. The molecule has 30 heavy (non-hydrogen) atoms. The van der Waals surface area contributed by atoms with E-state index >= 15 is 0 Å². The molecule has 9 nitrogen and oxygen atoms in total. The van der Waals surface area contributed by atoms with Gasteiger partial charge in [-0.25, -0.2) is 4.79 Å². The van der Waals surface area contributed by atoms with Gasteiger partial charge in [0.05, 0.1) is 17.8 Å². The third-order valence-electron chi connectivity index (χ3n) is 5.37. The van der Waals surface area contributed by atoms with Crippen molar-refractivity contribution in [3.63, 3.8) is 0 Å². The molecule has 1 aliphatic rings. The number of esters is 1. The number of amides is 1. The van der Waals surface area contributed by atoms with E-state index in [1.54, 1.807) is 31.1 Å². The Morgan fingerprint density at radius 2 is 1.87 bits per heavy atom. The molecule has 1 N–H and O–H groups in total. The number of piperazine rings is 1. The number of aryl methyl sites for hydroxylation is 1. The van der Waals surface area contributed by atoms with Gasteiger partial charge in [0, 0.05) is 44.8 Å². The number of nitrogens with zero attached hydrogens (tertiary/aromatic N) is 4. The van der Waals surface area contributed by atoms with Crippen molar-refractivity contribution >= 4 is 28.5 Å². The van der Waals surface area contributed by atoms with Gasteiger partial charge in [-0.1, -0.05) is 18.2 Å². The zero-order valence-corrected chi connectivity index (χ0v) is 16.9. The minimum Gasteiger partial charge on any atom is -0.462 e. The van der Waals surface area contributed by atoms with Crippen LogP contribution in [0.3, 0.4) is 0 Å². The Labute approximate surface area is 172 Å². The summed E-state index contributed by atoms with van der Waals surface area (Å²) in [5, 5.41) is 7.32. The summed E-state index contributed by atoms with van der Waals surface area (Å²) in [7, 11) is 1.65. The van der Waals surface area contributed by atoms with Crippen molar-refractivity contribution in [2.45, 2.75) is 6.92 Å². The summed E-state index contributed by atoms with van der Waals surface area (Å²) in [5.41, 5.74) is 1.39. The number of benzene rings is 1. The van der Waals surface area contributed by atoms with Gasteiger partial charge in [-0.3, -0.25) is 14.7 Å². The average Bonchev–Trinajstić information content (AvgIpc) is 3.31. The number of nitrogens with one attached hydrogen (secondary N) is 1. The molecule has 1 fully saturated rings. The van der Waals surface area contributed by atoms with Crippen molar-refractivity contribution in [3.05, 3.63) is 58.1 Å². The summed E-state index contributed by atoms with van der Waals surface area (Å²) in [6, 6.07) is 9.13. The fourth-order valence-electron chi connectivity index (χ4n) is 3.87. The van der Waals surface area contributed by atoms with Gasteiger partial charge in [-0.2, -0.15) is 5.10 Å². The molecule has 9 heteroatoms. The number of aromatic nitrogens is 3. The van der Waals surface area contributed by atoms with E-state index in [-0.39, 0.29) is 18.1 Å². The Morgan fingerprint density at radius 1 is 1.13 bits per heavy atom. The molecule has 0 spiro atoms. The number of pyridine rings is 1. The highest BCUT2D eigenvalue weighted by Crippen LogP contribution is 2.30. The number of aromatic amines is 1. The molecule has 0 atom stereocenters. The zero-order valence-electron chi connectivity index (χ0n) is 16.9. The molecule has 3 heterocycles. The van der Waals surface area contributed by atoms with Gasteiger partial charge in [0.15, 0.2) is 0 Å². The zero-order chi connectivity index (χ0) is 21.3. The van der Waals surface area contributed by atoms with Crippen molar-refractivity contribution in [3.8, 4) is 0 Å². The highest BCUT2D eigenvalue weighted by atomic mass is 16.5. The van der Waals surface area contributed by atoms with Gasteiger partial charge in [0.25, 0.3) is 11.5 Å². The minimum atomic E-state index is -0.630. The third-order valence-corrected chi connectivity index (χ3v) is 5.37. The summed E-state index contributed by atoms with van der Waals surface area (Å²) in [4.78, 5) is 42.1. The molecule has 0 saturated carbocycles. The maximum atomic E-state index is 13.1. The van der Waals surface area contributed by atoms with Gasteiger partial charge in [-0.15, -0.1) is 0 Å². The van der Waals surface area contributed by atoms with Crippen LogP contribution >= 0.6 is 0 Å². The Bertz CT molecular complexity index is 1140. The van der Waals surface area contributed by atoms with E-state index in [1.165, 1.54) is 4.57 Å². The first-order valence-electron chi connectivity index (χ1n) is 9.85. The van der Waals surface area contributed by atoms with Crippen LogP contribution in [0.25, 0.3) is 10.9 Å². The lowest BCUT2D eigenvalue weighted by Gasteiger charge is -2.37. The summed E-state index contributed by atoms with van der Waals surface area (Å²) in [6.07, 6.45) is 1.54. The molecule has 3 aromatic rings.